The summed E-state index contributed by atoms with van der Waals surface area (Å²) in [7, 11) is 0. The Morgan fingerprint density at radius 1 is 1.23 bits per heavy atom. The van der Waals surface area contributed by atoms with Gasteiger partial charge in [0.2, 0.25) is 5.91 Å². The van der Waals surface area contributed by atoms with Crippen LogP contribution in [0.4, 0.5) is 0 Å². The van der Waals surface area contributed by atoms with Crippen LogP contribution in [0.2, 0.25) is 5.02 Å². The van der Waals surface area contributed by atoms with Crippen LogP contribution < -0.4 is 32.9 Å². The van der Waals surface area contributed by atoms with Crippen molar-refractivity contribution in [3.63, 3.8) is 0 Å². The fourth-order valence-electron chi connectivity index (χ4n) is 4.57. The second-order valence-corrected chi connectivity index (χ2v) is 10.3. The SMILES string of the molecule is CCCCn1cc(C(=O)NCC2CCC(C#N)CC2)c(=O)n(-c2cccc(Cl)c2)c1=O.NC(=O)C1=CNCNC1. The first-order valence-corrected chi connectivity index (χ1v) is 13.9. The van der Waals surface area contributed by atoms with Crippen molar-refractivity contribution in [1.82, 2.24) is 25.1 Å². The van der Waals surface area contributed by atoms with E-state index >= 15 is 0 Å². The number of aromatic nitrogens is 2. The van der Waals surface area contributed by atoms with E-state index in [0.717, 1.165) is 43.1 Å². The lowest BCUT2D eigenvalue weighted by Crippen LogP contribution is -2.44. The topological polar surface area (TPSA) is 164 Å². The van der Waals surface area contributed by atoms with Gasteiger partial charge in [-0.3, -0.25) is 24.3 Å². The van der Waals surface area contributed by atoms with E-state index in [4.69, 9.17) is 22.6 Å². The first-order valence-electron chi connectivity index (χ1n) is 13.5. The zero-order chi connectivity index (χ0) is 29.1. The third-order valence-corrected chi connectivity index (χ3v) is 7.17. The molecule has 0 unspecified atom stereocenters. The summed E-state index contributed by atoms with van der Waals surface area (Å²) in [6.45, 7) is 4.14. The van der Waals surface area contributed by atoms with Crippen molar-refractivity contribution in [3.05, 3.63) is 73.7 Å². The molecule has 0 radical (unpaired) electrons. The summed E-state index contributed by atoms with van der Waals surface area (Å²) >= 11 is 6.06. The van der Waals surface area contributed by atoms with Gasteiger partial charge in [0.25, 0.3) is 11.5 Å². The molecule has 5 N–H and O–H groups in total. The minimum absolute atomic E-state index is 0.0682. The molecule has 1 aromatic heterocycles. The van der Waals surface area contributed by atoms with Gasteiger partial charge in [0.15, 0.2) is 0 Å². The molecule has 2 amide bonds. The summed E-state index contributed by atoms with van der Waals surface area (Å²) in [5.74, 6) is -0.475. The summed E-state index contributed by atoms with van der Waals surface area (Å²) in [6, 6.07) is 8.77. The van der Waals surface area contributed by atoms with Gasteiger partial charge in [0.05, 0.1) is 18.4 Å². The zero-order valence-electron chi connectivity index (χ0n) is 22.6. The number of rotatable bonds is 8. The summed E-state index contributed by atoms with van der Waals surface area (Å²) < 4.78 is 2.42. The standard InChI is InChI=1S/C23H27ClN4O3.C5H9N3O/c1-2-3-11-27-15-20(21(29)26-14-17-9-7-16(13-25)8-10-17)22(30)28(23(27)31)19-6-4-5-18(24)12-19;6-5(9)4-1-7-3-8-2-4/h4-6,12,15-17H,2-3,7-11,14H2,1H3,(H,26,29);1,7-8H,2-3H2,(H2,6,9). The number of halogens is 1. The van der Waals surface area contributed by atoms with Crippen LogP contribution in [0.15, 0.2) is 51.8 Å². The van der Waals surface area contributed by atoms with Crippen molar-refractivity contribution in [2.45, 2.75) is 52.0 Å². The third-order valence-electron chi connectivity index (χ3n) is 6.93. The van der Waals surface area contributed by atoms with Crippen LogP contribution in [0.3, 0.4) is 0 Å². The molecule has 1 fully saturated rings. The molecule has 2 aromatic rings. The van der Waals surface area contributed by atoms with Crippen LogP contribution in [0, 0.1) is 23.2 Å². The van der Waals surface area contributed by atoms with Gasteiger partial charge >= 0.3 is 5.69 Å². The van der Waals surface area contributed by atoms with E-state index in [2.05, 4.69) is 22.0 Å². The van der Waals surface area contributed by atoms with Gasteiger partial charge in [-0.1, -0.05) is 31.0 Å². The molecule has 4 rings (SSSR count). The van der Waals surface area contributed by atoms with Crippen molar-refractivity contribution < 1.29 is 9.59 Å². The molecule has 40 heavy (non-hydrogen) atoms. The van der Waals surface area contributed by atoms with Crippen molar-refractivity contribution in [2.75, 3.05) is 19.8 Å². The van der Waals surface area contributed by atoms with E-state index in [1.54, 1.807) is 24.4 Å². The van der Waals surface area contributed by atoms with Crippen LogP contribution in [0.25, 0.3) is 5.69 Å². The number of carbonyl (C=O) groups excluding carboxylic acids is 2. The quantitative estimate of drug-likeness (QED) is 0.377. The molecular formula is C28H36ClN7O4. The van der Waals surface area contributed by atoms with Gasteiger partial charge in [0, 0.05) is 48.5 Å². The maximum atomic E-state index is 13.1. The van der Waals surface area contributed by atoms with E-state index in [1.807, 2.05) is 6.92 Å². The highest BCUT2D eigenvalue weighted by atomic mass is 35.5. The largest absolute Gasteiger partial charge is 0.378 e. The van der Waals surface area contributed by atoms with Gasteiger partial charge < -0.3 is 16.4 Å². The fourth-order valence-corrected chi connectivity index (χ4v) is 4.75. The van der Waals surface area contributed by atoms with Crippen LogP contribution >= 0.6 is 11.6 Å². The summed E-state index contributed by atoms with van der Waals surface area (Å²) in [4.78, 5) is 49.4. The molecule has 1 saturated carbocycles. The van der Waals surface area contributed by atoms with Gasteiger partial charge in [0.1, 0.15) is 5.56 Å². The van der Waals surface area contributed by atoms with Crippen molar-refractivity contribution in [1.29, 1.82) is 5.26 Å². The number of benzene rings is 1. The molecule has 2 aliphatic rings. The Morgan fingerprint density at radius 3 is 2.55 bits per heavy atom. The van der Waals surface area contributed by atoms with E-state index < -0.39 is 17.2 Å². The number of nitrogens with two attached hydrogens (primary N) is 1. The maximum absolute atomic E-state index is 13.1. The summed E-state index contributed by atoms with van der Waals surface area (Å²) in [5, 5.41) is 18.1. The predicted molar refractivity (Wildman–Crippen MR) is 153 cm³/mol. The molecule has 0 bridgehead atoms. The molecule has 2 heterocycles. The predicted octanol–water partition coefficient (Wildman–Crippen LogP) is 2.02. The Kier molecular flexibility index (Phi) is 11.5. The lowest BCUT2D eigenvalue weighted by molar-refractivity contribution is -0.114. The van der Waals surface area contributed by atoms with Crippen molar-refractivity contribution >= 4 is 23.4 Å². The zero-order valence-corrected chi connectivity index (χ0v) is 23.4. The van der Waals surface area contributed by atoms with Crippen LogP contribution in [0.5, 0.6) is 0 Å². The average molecular weight is 570 g/mol. The van der Waals surface area contributed by atoms with E-state index in [1.165, 1.54) is 16.8 Å². The number of hydrogen-bond acceptors (Lipinski definition) is 7. The van der Waals surface area contributed by atoms with E-state index in [0.29, 0.717) is 42.6 Å². The highest BCUT2D eigenvalue weighted by Crippen LogP contribution is 2.27. The minimum atomic E-state index is -0.661. The third kappa shape index (κ3) is 8.31. The average Bonchev–Trinajstić information content (AvgIpc) is 2.96. The van der Waals surface area contributed by atoms with Crippen LogP contribution in [-0.4, -0.2) is 40.7 Å². The summed E-state index contributed by atoms with van der Waals surface area (Å²) in [6.07, 6.45) is 8.04. The van der Waals surface area contributed by atoms with Crippen LogP contribution in [0.1, 0.15) is 55.8 Å². The van der Waals surface area contributed by atoms with Gasteiger partial charge in [-0.2, -0.15) is 5.26 Å². The van der Waals surface area contributed by atoms with Crippen molar-refractivity contribution in [2.24, 2.45) is 17.6 Å². The first-order chi connectivity index (χ1) is 19.2. The Hall–Kier alpha value is -3.88. The van der Waals surface area contributed by atoms with Crippen LogP contribution in [-0.2, 0) is 11.3 Å². The minimum Gasteiger partial charge on any atom is -0.378 e. The monoisotopic (exact) mass is 569 g/mol. The number of aryl methyl sites for hydroxylation is 1. The lowest BCUT2D eigenvalue weighted by atomic mass is 9.83. The molecule has 214 valence electrons. The Labute approximate surface area is 238 Å². The molecule has 11 nitrogen and oxygen atoms in total. The molecule has 0 atom stereocenters. The van der Waals surface area contributed by atoms with Gasteiger partial charge in [-0.05, 0) is 56.2 Å². The molecule has 0 saturated heterocycles. The molecule has 12 heteroatoms. The van der Waals surface area contributed by atoms with E-state index in [9.17, 15) is 19.2 Å². The lowest BCUT2D eigenvalue weighted by Gasteiger charge is -2.24. The number of amides is 2. The number of unbranched alkanes of at least 4 members (excludes halogenated alkanes) is 1. The Morgan fingerprint density at radius 2 is 1.98 bits per heavy atom. The maximum Gasteiger partial charge on any atom is 0.335 e. The summed E-state index contributed by atoms with van der Waals surface area (Å²) in [5.41, 5.74) is 4.69. The molecule has 1 aliphatic heterocycles. The Bertz CT molecular complexity index is 1380. The number of nitriles is 1. The number of hydrogen-bond donors (Lipinski definition) is 4. The number of carbonyl (C=O) groups is 2. The number of nitrogens with zero attached hydrogens (tertiary/aromatic N) is 3. The second-order valence-electron chi connectivity index (χ2n) is 9.89. The van der Waals surface area contributed by atoms with Crippen molar-refractivity contribution in [3.8, 4) is 11.8 Å². The highest BCUT2D eigenvalue weighted by molar-refractivity contribution is 6.30. The molecule has 1 aliphatic carbocycles. The molecule has 1 aromatic carbocycles. The molecular weight excluding hydrogens is 534 g/mol. The highest BCUT2D eigenvalue weighted by Gasteiger charge is 2.23. The molecule has 0 spiro atoms. The van der Waals surface area contributed by atoms with Gasteiger partial charge in [-0.15, -0.1) is 0 Å². The van der Waals surface area contributed by atoms with Gasteiger partial charge in [-0.25, -0.2) is 9.36 Å². The normalized spacial score (nSPS) is 18.3. The second kappa shape index (κ2) is 15.1. The van der Waals surface area contributed by atoms with E-state index in [-0.39, 0.29) is 23.3 Å². The fraction of sp³-hybridized carbons (Fsp3) is 0.464. The first kappa shape index (κ1) is 30.7. The smallest absolute Gasteiger partial charge is 0.335 e. The number of primary amides is 1. The number of nitrogens with one attached hydrogen (secondary N) is 3. The Balaban J connectivity index is 0.000000415.